The van der Waals surface area contributed by atoms with Crippen molar-refractivity contribution in [1.82, 2.24) is 14.5 Å². The van der Waals surface area contributed by atoms with E-state index in [0.717, 1.165) is 22.2 Å². The first-order valence-corrected chi connectivity index (χ1v) is 10.3. The van der Waals surface area contributed by atoms with Crippen LogP contribution in [0.2, 0.25) is 0 Å². The standard InChI is InChI=1S/C22H21N3O3S/c1-4-17(21(27)28-3)29-22-24-18-14-10-6-7-11-15(14)23-19(18)20(26)25(22)16-12-8-5-9-13(16)2/h5-12,17,23H,4H2,1-3H3/t17-/m1/s1. The van der Waals surface area contributed by atoms with Crippen LogP contribution in [0.15, 0.2) is 58.5 Å². The summed E-state index contributed by atoms with van der Waals surface area (Å²) < 4.78 is 6.52. The lowest BCUT2D eigenvalue weighted by Gasteiger charge is -2.17. The van der Waals surface area contributed by atoms with Crippen LogP contribution < -0.4 is 5.56 Å². The molecule has 0 bridgehead atoms. The van der Waals surface area contributed by atoms with Gasteiger partial charge < -0.3 is 9.72 Å². The van der Waals surface area contributed by atoms with Crippen LogP contribution in [0.3, 0.4) is 0 Å². The van der Waals surface area contributed by atoms with Crippen LogP contribution in [0.25, 0.3) is 27.6 Å². The number of fused-ring (bicyclic) bond motifs is 3. The summed E-state index contributed by atoms with van der Waals surface area (Å²) >= 11 is 1.26. The van der Waals surface area contributed by atoms with Gasteiger partial charge >= 0.3 is 5.97 Å². The summed E-state index contributed by atoms with van der Waals surface area (Å²) in [5, 5.41) is 0.896. The maximum Gasteiger partial charge on any atom is 0.319 e. The summed E-state index contributed by atoms with van der Waals surface area (Å²) in [7, 11) is 1.37. The Bertz CT molecular complexity index is 1280. The lowest BCUT2D eigenvalue weighted by molar-refractivity contribution is -0.140. The van der Waals surface area contributed by atoms with E-state index in [1.54, 1.807) is 4.57 Å². The molecule has 0 amide bonds. The van der Waals surface area contributed by atoms with Crippen LogP contribution in [0.5, 0.6) is 0 Å². The van der Waals surface area contributed by atoms with Gasteiger partial charge in [-0.25, -0.2) is 4.98 Å². The summed E-state index contributed by atoms with van der Waals surface area (Å²) in [5.74, 6) is -0.331. The molecule has 0 radical (unpaired) electrons. The number of rotatable bonds is 5. The number of benzene rings is 2. The average Bonchev–Trinajstić information content (AvgIpc) is 3.11. The molecule has 0 saturated heterocycles. The normalized spacial score (nSPS) is 12.4. The second-order valence-corrected chi connectivity index (χ2v) is 7.92. The highest BCUT2D eigenvalue weighted by Crippen LogP contribution is 2.30. The lowest BCUT2D eigenvalue weighted by atomic mass is 10.2. The molecule has 1 N–H and O–H groups in total. The summed E-state index contributed by atoms with van der Waals surface area (Å²) in [4.78, 5) is 33.8. The van der Waals surface area contributed by atoms with E-state index >= 15 is 0 Å². The molecule has 7 heteroatoms. The van der Waals surface area contributed by atoms with Crippen LogP contribution >= 0.6 is 11.8 Å². The second kappa shape index (κ2) is 7.75. The number of aryl methyl sites for hydroxylation is 1. The van der Waals surface area contributed by atoms with E-state index in [1.807, 2.05) is 62.4 Å². The maximum absolute atomic E-state index is 13.5. The van der Waals surface area contributed by atoms with Crippen molar-refractivity contribution in [1.29, 1.82) is 0 Å². The van der Waals surface area contributed by atoms with Crippen LogP contribution in [0.4, 0.5) is 0 Å². The molecule has 2 heterocycles. The van der Waals surface area contributed by atoms with E-state index < -0.39 is 5.25 Å². The largest absolute Gasteiger partial charge is 0.468 e. The number of hydrogen-bond acceptors (Lipinski definition) is 5. The van der Waals surface area contributed by atoms with Gasteiger partial charge in [0.05, 0.1) is 12.8 Å². The number of thioether (sulfide) groups is 1. The topological polar surface area (TPSA) is 77.0 Å². The predicted molar refractivity (Wildman–Crippen MR) is 116 cm³/mol. The Morgan fingerprint density at radius 1 is 1.21 bits per heavy atom. The molecule has 2 aromatic heterocycles. The molecule has 1 atom stereocenters. The van der Waals surface area contributed by atoms with Gasteiger partial charge in [0.25, 0.3) is 5.56 Å². The molecule has 148 valence electrons. The molecule has 4 aromatic rings. The minimum atomic E-state index is -0.454. The number of carbonyl (C=O) groups is 1. The lowest BCUT2D eigenvalue weighted by Crippen LogP contribution is -2.25. The molecule has 4 rings (SSSR count). The fraction of sp³-hybridized carbons (Fsp3) is 0.227. The van der Waals surface area contributed by atoms with Gasteiger partial charge in [-0.05, 0) is 31.0 Å². The summed E-state index contributed by atoms with van der Waals surface area (Å²) in [6.07, 6.45) is 0.562. The number of ether oxygens (including phenoxy) is 1. The summed E-state index contributed by atoms with van der Waals surface area (Å²) in [5.41, 5.74) is 3.41. The SMILES string of the molecule is CC[C@@H](Sc1nc2c([nH]c3ccccc32)c(=O)n1-c1ccccc1C)C(=O)OC. The van der Waals surface area contributed by atoms with Crippen molar-refractivity contribution in [2.45, 2.75) is 30.7 Å². The van der Waals surface area contributed by atoms with E-state index in [1.165, 1.54) is 18.9 Å². The zero-order valence-electron chi connectivity index (χ0n) is 16.4. The van der Waals surface area contributed by atoms with Crippen molar-refractivity contribution >= 4 is 39.7 Å². The van der Waals surface area contributed by atoms with E-state index in [4.69, 9.17) is 9.72 Å². The Morgan fingerprint density at radius 2 is 1.93 bits per heavy atom. The van der Waals surface area contributed by atoms with Gasteiger partial charge in [-0.3, -0.25) is 14.2 Å². The number of para-hydroxylation sites is 2. The molecule has 0 saturated carbocycles. The second-order valence-electron chi connectivity index (χ2n) is 6.75. The zero-order valence-corrected chi connectivity index (χ0v) is 17.2. The van der Waals surface area contributed by atoms with Gasteiger partial charge in [0, 0.05) is 10.9 Å². The molecular formula is C22H21N3O3S. The van der Waals surface area contributed by atoms with Gasteiger partial charge in [0.1, 0.15) is 16.3 Å². The first-order valence-electron chi connectivity index (χ1n) is 9.39. The van der Waals surface area contributed by atoms with E-state index in [-0.39, 0.29) is 11.5 Å². The minimum absolute atomic E-state index is 0.192. The van der Waals surface area contributed by atoms with Gasteiger partial charge in [0.15, 0.2) is 5.16 Å². The number of esters is 1. The third kappa shape index (κ3) is 3.31. The van der Waals surface area contributed by atoms with Gasteiger partial charge in [0.2, 0.25) is 0 Å². The number of nitrogens with zero attached hydrogens (tertiary/aromatic N) is 2. The van der Waals surface area contributed by atoms with Crippen LogP contribution in [-0.2, 0) is 9.53 Å². The third-order valence-corrected chi connectivity index (χ3v) is 6.23. The van der Waals surface area contributed by atoms with Crippen molar-refractivity contribution in [2.24, 2.45) is 0 Å². The fourth-order valence-corrected chi connectivity index (χ4v) is 4.45. The zero-order chi connectivity index (χ0) is 20.5. The van der Waals surface area contributed by atoms with E-state index in [0.29, 0.717) is 22.6 Å². The van der Waals surface area contributed by atoms with Crippen molar-refractivity contribution in [3.8, 4) is 5.69 Å². The molecule has 29 heavy (non-hydrogen) atoms. The Hall–Kier alpha value is -3.06. The summed E-state index contributed by atoms with van der Waals surface area (Å²) in [6.45, 7) is 3.86. The Morgan fingerprint density at radius 3 is 2.66 bits per heavy atom. The Labute approximate surface area is 171 Å². The van der Waals surface area contributed by atoms with Gasteiger partial charge in [-0.2, -0.15) is 0 Å². The molecular weight excluding hydrogens is 386 g/mol. The van der Waals surface area contributed by atoms with Crippen molar-refractivity contribution < 1.29 is 9.53 Å². The Balaban J connectivity index is 2.04. The summed E-state index contributed by atoms with van der Waals surface area (Å²) in [6, 6.07) is 15.3. The molecule has 0 fully saturated rings. The third-order valence-electron chi connectivity index (χ3n) is 4.93. The molecule has 0 aliphatic rings. The molecule has 0 spiro atoms. The van der Waals surface area contributed by atoms with Crippen molar-refractivity contribution in [3.05, 3.63) is 64.4 Å². The van der Waals surface area contributed by atoms with E-state index in [2.05, 4.69) is 4.98 Å². The van der Waals surface area contributed by atoms with Crippen molar-refractivity contribution in [2.75, 3.05) is 7.11 Å². The first kappa shape index (κ1) is 19.3. The Kier molecular flexibility index (Phi) is 5.15. The number of methoxy groups -OCH3 is 1. The monoisotopic (exact) mass is 407 g/mol. The molecule has 6 nitrogen and oxygen atoms in total. The van der Waals surface area contributed by atoms with Crippen LogP contribution in [0, 0.1) is 6.92 Å². The van der Waals surface area contributed by atoms with Gasteiger partial charge in [-0.15, -0.1) is 0 Å². The quantitative estimate of drug-likeness (QED) is 0.304. The molecule has 0 aliphatic heterocycles. The average molecular weight is 407 g/mol. The van der Waals surface area contributed by atoms with Crippen LogP contribution in [0.1, 0.15) is 18.9 Å². The highest BCUT2D eigenvalue weighted by Gasteiger charge is 2.24. The maximum atomic E-state index is 13.5. The number of aromatic nitrogens is 3. The minimum Gasteiger partial charge on any atom is -0.468 e. The number of hydrogen-bond donors (Lipinski definition) is 1. The number of H-pyrrole nitrogens is 1. The molecule has 0 unspecified atom stereocenters. The smallest absolute Gasteiger partial charge is 0.319 e. The molecule has 2 aromatic carbocycles. The van der Waals surface area contributed by atoms with E-state index in [9.17, 15) is 9.59 Å². The number of carbonyl (C=O) groups excluding carboxylic acids is 1. The molecule has 0 aliphatic carbocycles. The highest BCUT2D eigenvalue weighted by molar-refractivity contribution is 8.00. The first-order chi connectivity index (χ1) is 14.0. The number of nitrogens with one attached hydrogen (secondary N) is 1. The fourth-order valence-electron chi connectivity index (χ4n) is 3.40. The number of aromatic amines is 1. The van der Waals surface area contributed by atoms with Crippen LogP contribution in [-0.4, -0.2) is 32.9 Å². The van der Waals surface area contributed by atoms with Crippen molar-refractivity contribution in [3.63, 3.8) is 0 Å². The highest BCUT2D eigenvalue weighted by atomic mass is 32.2. The van der Waals surface area contributed by atoms with Gasteiger partial charge in [-0.1, -0.05) is 55.1 Å². The predicted octanol–water partition coefficient (Wildman–Crippen LogP) is 4.22.